The van der Waals surface area contributed by atoms with Crippen LogP contribution in [-0.2, 0) is 0 Å². The Morgan fingerprint density at radius 2 is 1.95 bits per heavy atom. The SMILES string of the molecule is Cc1nccs1.O=C(O)c1ccnc2ccccc12. The zero-order valence-electron chi connectivity index (χ0n) is 10.3. The van der Waals surface area contributed by atoms with E-state index in [9.17, 15) is 4.79 Å². The lowest BCUT2D eigenvalue weighted by Crippen LogP contribution is -1.97. The van der Waals surface area contributed by atoms with Gasteiger partial charge in [0, 0.05) is 23.2 Å². The Morgan fingerprint density at radius 1 is 1.16 bits per heavy atom. The van der Waals surface area contributed by atoms with Gasteiger partial charge in [-0.05, 0) is 19.1 Å². The third-order valence-electron chi connectivity index (χ3n) is 2.44. The van der Waals surface area contributed by atoms with Gasteiger partial charge in [0.05, 0.1) is 16.1 Å². The summed E-state index contributed by atoms with van der Waals surface area (Å²) in [7, 11) is 0. The van der Waals surface area contributed by atoms with Crippen LogP contribution in [0.4, 0.5) is 0 Å². The summed E-state index contributed by atoms with van der Waals surface area (Å²) in [5.41, 5.74) is 1.01. The van der Waals surface area contributed by atoms with E-state index in [4.69, 9.17) is 5.11 Å². The first-order valence-electron chi connectivity index (χ1n) is 5.61. The van der Waals surface area contributed by atoms with Gasteiger partial charge in [0.2, 0.25) is 0 Å². The number of hydrogen-bond donors (Lipinski definition) is 1. The zero-order chi connectivity index (χ0) is 13.7. The van der Waals surface area contributed by atoms with E-state index >= 15 is 0 Å². The molecular weight excluding hydrogens is 260 g/mol. The number of aromatic nitrogens is 2. The third-order valence-corrected chi connectivity index (χ3v) is 3.14. The van der Waals surface area contributed by atoms with Crippen LogP contribution in [0.2, 0.25) is 0 Å². The number of benzene rings is 1. The van der Waals surface area contributed by atoms with Gasteiger partial charge in [0.15, 0.2) is 0 Å². The summed E-state index contributed by atoms with van der Waals surface area (Å²) in [6.45, 7) is 1.99. The maximum atomic E-state index is 10.8. The molecule has 0 radical (unpaired) electrons. The molecule has 19 heavy (non-hydrogen) atoms. The van der Waals surface area contributed by atoms with Crippen molar-refractivity contribution in [1.82, 2.24) is 9.97 Å². The fourth-order valence-corrected chi connectivity index (χ4v) is 2.02. The van der Waals surface area contributed by atoms with Crippen LogP contribution in [0.1, 0.15) is 15.4 Å². The quantitative estimate of drug-likeness (QED) is 0.737. The van der Waals surface area contributed by atoms with Crippen molar-refractivity contribution in [3.05, 3.63) is 58.7 Å². The highest BCUT2D eigenvalue weighted by atomic mass is 32.1. The van der Waals surface area contributed by atoms with Crippen LogP contribution in [0, 0.1) is 6.92 Å². The van der Waals surface area contributed by atoms with E-state index in [1.807, 2.05) is 18.4 Å². The molecule has 1 aromatic carbocycles. The first-order valence-corrected chi connectivity index (χ1v) is 6.49. The Balaban J connectivity index is 0.000000186. The Labute approximate surface area is 114 Å². The first-order chi connectivity index (χ1) is 9.18. The normalized spacial score (nSPS) is 9.74. The molecule has 2 aromatic heterocycles. The molecule has 0 saturated carbocycles. The van der Waals surface area contributed by atoms with Crippen molar-refractivity contribution in [1.29, 1.82) is 0 Å². The van der Waals surface area contributed by atoms with Gasteiger partial charge in [0.1, 0.15) is 0 Å². The van der Waals surface area contributed by atoms with E-state index in [2.05, 4.69) is 9.97 Å². The summed E-state index contributed by atoms with van der Waals surface area (Å²) in [5, 5.41) is 12.6. The lowest BCUT2D eigenvalue weighted by Gasteiger charge is -1.99. The highest BCUT2D eigenvalue weighted by molar-refractivity contribution is 7.09. The molecule has 0 amide bonds. The number of pyridine rings is 1. The first kappa shape index (κ1) is 13.2. The van der Waals surface area contributed by atoms with Crippen molar-refractivity contribution < 1.29 is 9.90 Å². The number of fused-ring (bicyclic) bond motifs is 1. The number of para-hydroxylation sites is 1. The van der Waals surface area contributed by atoms with Gasteiger partial charge in [-0.2, -0.15) is 0 Å². The number of hydrogen-bond acceptors (Lipinski definition) is 4. The standard InChI is InChI=1S/C10H7NO2.C4H5NS/c12-10(13)8-5-6-11-9-4-2-1-3-7(8)9;1-4-5-2-3-6-4/h1-6H,(H,12,13);2-3H,1H3. The predicted octanol–water partition coefficient (Wildman–Crippen LogP) is 3.38. The van der Waals surface area contributed by atoms with Crippen molar-refractivity contribution in [2.75, 3.05) is 0 Å². The third kappa shape index (κ3) is 3.35. The van der Waals surface area contributed by atoms with Crippen LogP contribution in [-0.4, -0.2) is 21.0 Å². The monoisotopic (exact) mass is 272 g/mol. The van der Waals surface area contributed by atoms with Crippen molar-refractivity contribution in [3.63, 3.8) is 0 Å². The molecule has 3 aromatic rings. The summed E-state index contributed by atoms with van der Waals surface area (Å²) in [4.78, 5) is 18.8. The van der Waals surface area contributed by atoms with E-state index in [-0.39, 0.29) is 0 Å². The predicted molar refractivity (Wildman–Crippen MR) is 75.6 cm³/mol. The van der Waals surface area contributed by atoms with Crippen molar-refractivity contribution >= 4 is 28.2 Å². The van der Waals surface area contributed by atoms with E-state index in [1.54, 1.807) is 35.7 Å². The number of thiazole rings is 1. The molecule has 1 N–H and O–H groups in total. The molecule has 0 atom stereocenters. The molecule has 3 rings (SSSR count). The van der Waals surface area contributed by atoms with Crippen LogP contribution < -0.4 is 0 Å². The number of carboxylic acids is 1. The maximum absolute atomic E-state index is 10.8. The minimum Gasteiger partial charge on any atom is -0.478 e. The summed E-state index contributed by atoms with van der Waals surface area (Å²) in [5.74, 6) is -0.918. The highest BCUT2D eigenvalue weighted by Crippen LogP contribution is 2.15. The zero-order valence-corrected chi connectivity index (χ0v) is 11.1. The second-order valence-corrected chi connectivity index (χ2v) is 4.83. The van der Waals surface area contributed by atoms with Crippen LogP contribution in [0.3, 0.4) is 0 Å². The van der Waals surface area contributed by atoms with Gasteiger partial charge in [0.25, 0.3) is 0 Å². The van der Waals surface area contributed by atoms with E-state index in [1.165, 1.54) is 12.3 Å². The number of nitrogens with zero attached hydrogens (tertiary/aromatic N) is 2. The average Bonchev–Trinajstić information content (AvgIpc) is 2.90. The number of aryl methyl sites for hydroxylation is 1. The summed E-state index contributed by atoms with van der Waals surface area (Å²) in [6, 6.07) is 8.69. The molecule has 4 nitrogen and oxygen atoms in total. The number of carboxylic acid groups (broad SMARTS) is 1. The Bertz CT molecular complexity index is 675. The molecular formula is C14H12N2O2S. The Kier molecular flexibility index (Phi) is 4.20. The van der Waals surface area contributed by atoms with Gasteiger partial charge in [-0.15, -0.1) is 11.3 Å². The van der Waals surface area contributed by atoms with Crippen LogP contribution in [0.5, 0.6) is 0 Å². The number of carbonyl (C=O) groups is 1. The van der Waals surface area contributed by atoms with E-state index in [0.29, 0.717) is 16.5 Å². The van der Waals surface area contributed by atoms with Crippen LogP contribution in [0.15, 0.2) is 48.1 Å². The van der Waals surface area contributed by atoms with Crippen LogP contribution >= 0.6 is 11.3 Å². The van der Waals surface area contributed by atoms with Gasteiger partial charge in [-0.3, -0.25) is 9.97 Å². The van der Waals surface area contributed by atoms with E-state index in [0.717, 1.165) is 5.01 Å². The van der Waals surface area contributed by atoms with Gasteiger partial charge in [-0.25, -0.2) is 4.79 Å². The van der Waals surface area contributed by atoms with E-state index < -0.39 is 5.97 Å². The molecule has 5 heteroatoms. The molecule has 0 fully saturated rings. The second-order valence-electron chi connectivity index (χ2n) is 3.73. The fraction of sp³-hybridized carbons (Fsp3) is 0.0714. The summed E-state index contributed by atoms with van der Waals surface area (Å²) in [6.07, 6.45) is 3.31. The van der Waals surface area contributed by atoms with Gasteiger partial charge >= 0.3 is 5.97 Å². The van der Waals surface area contributed by atoms with Crippen molar-refractivity contribution in [2.24, 2.45) is 0 Å². The average molecular weight is 272 g/mol. The molecule has 2 heterocycles. The molecule has 0 unspecified atom stereocenters. The molecule has 96 valence electrons. The Morgan fingerprint density at radius 3 is 2.53 bits per heavy atom. The minimum atomic E-state index is -0.918. The lowest BCUT2D eigenvalue weighted by molar-refractivity contribution is 0.0699. The summed E-state index contributed by atoms with van der Waals surface area (Å²) < 4.78 is 0. The van der Waals surface area contributed by atoms with Gasteiger partial charge < -0.3 is 5.11 Å². The van der Waals surface area contributed by atoms with Crippen molar-refractivity contribution in [3.8, 4) is 0 Å². The summed E-state index contributed by atoms with van der Waals surface area (Å²) >= 11 is 1.67. The smallest absolute Gasteiger partial charge is 0.336 e. The molecule has 0 aliphatic carbocycles. The topological polar surface area (TPSA) is 63.1 Å². The van der Waals surface area contributed by atoms with Crippen molar-refractivity contribution in [2.45, 2.75) is 6.92 Å². The minimum absolute atomic E-state index is 0.297. The number of rotatable bonds is 1. The second kappa shape index (κ2) is 6.06. The maximum Gasteiger partial charge on any atom is 0.336 e. The molecule has 0 aliphatic rings. The molecule has 0 aliphatic heterocycles. The lowest BCUT2D eigenvalue weighted by atomic mass is 10.1. The molecule has 0 spiro atoms. The van der Waals surface area contributed by atoms with Gasteiger partial charge in [-0.1, -0.05) is 18.2 Å². The Hall–Kier alpha value is -2.27. The fourth-order valence-electron chi connectivity index (χ4n) is 1.58. The molecule has 0 bridgehead atoms. The van der Waals surface area contributed by atoms with Crippen LogP contribution in [0.25, 0.3) is 10.9 Å². The molecule has 0 saturated heterocycles. The highest BCUT2D eigenvalue weighted by Gasteiger charge is 2.06. The number of aromatic carboxylic acids is 1. The largest absolute Gasteiger partial charge is 0.478 e.